The Morgan fingerprint density at radius 3 is 2.52 bits per heavy atom. The molecule has 0 aliphatic rings. The summed E-state index contributed by atoms with van der Waals surface area (Å²) in [4.78, 5) is 16.4. The van der Waals surface area contributed by atoms with Gasteiger partial charge in [0.15, 0.2) is 0 Å². The van der Waals surface area contributed by atoms with Gasteiger partial charge in [-0.05, 0) is 40.2 Å². The van der Waals surface area contributed by atoms with E-state index >= 15 is 0 Å². The fourth-order valence-corrected chi connectivity index (χ4v) is 2.56. The van der Waals surface area contributed by atoms with E-state index in [2.05, 4.69) is 31.5 Å². The second kappa shape index (κ2) is 6.83. The normalized spacial score (nSPS) is 10.3. The second-order valence-electron chi connectivity index (χ2n) is 3.95. The first-order chi connectivity index (χ1) is 9.93. The van der Waals surface area contributed by atoms with Crippen LogP contribution in [0.25, 0.3) is 0 Å². The number of hydrogen-bond donors (Lipinski definition) is 2. The van der Waals surface area contributed by atoms with Gasteiger partial charge in [0.2, 0.25) is 0 Å². The second-order valence-corrected chi connectivity index (χ2v) is 5.97. The quantitative estimate of drug-likeness (QED) is 0.694. The van der Waals surface area contributed by atoms with Crippen LogP contribution in [0, 0.1) is 0 Å². The molecule has 2 rings (SSSR count). The lowest BCUT2D eigenvalue weighted by Gasteiger charge is -2.10. The summed E-state index contributed by atoms with van der Waals surface area (Å²) < 4.78 is 0.639. The van der Waals surface area contributed by atoms with Gasteiger partial charge in [0.05, 0.1) is 20.8 Å². The summed E-state index contributed by atoms with van der Waals surface area (Å²) in [7, 11) is 1.70. The smallest absolute Gasteiger partial charge is 0.275 e. The van der Waals surface area contributed by atoms with E-state index in [1.165, 1.54) is 0 Å². The third-order valence-corrected chi connectivity index (χ3v) is 4.68. The minimum absolute atomic E-state index is 0.0959. The van der Waals surface area contributed by atoms with Crippen LogP contribution in [-0.2, 0) is 0 Å². The zero-order valence-corrected chi connectivity index (χ0v) is 14.5. The van der Waals surface area contributed by atoms with Crippen molar-refractivity contribution in [2.24, 2.45) is 0 Å². The van der Waals surface area contributed by atoms with E-state index in [1.807, 2.05) is 0 Å². The molecule has 1 aromatic heterocycles. The molecular weight excluding hydrogens is 400 g/mol. The molecule has 0 fully saturated rings. The van der Waals surface area contributed by atoms with Crippen molar-refractivity contribution in [2.75, 3.05) is 17.7 Å². The van der Waals surface area contributed by atoms with Gasteiger partial charge in [-0.15, -0.1) is 0 Å². The maximum Gasteiger partial charge on any atom is 0.275 e. The van der Waals surface area contributed by atoms with Gasteiger partial charge in [0.25, 0.3) is 5.91 Å². The van der Waals surface area contributed by atoms with Crippen molar-refractivity contribution in [2.45, 2.75) is 0 Å². The molecule has 2 N–H and O–H groups in total. The van der Waals surface area contributed by atoms with Gasteiger partial charge in [0.1, 0.15) is 11.5 Å². The Hall–Kier alpha value is -1.01. The van der Waals surface area contributed by atoms with Crippen LogP contribution in [0.15, 0.2) is 28.7 Å². The number of nitrogens with one attached hydrogen (secondary N) is 2. The number of pyridine rings is 1. The predicted octanol–water partition coefficient (Wildman–Crippen LogP) is 5.10. The van der Waals surface area contributed by atoms with Crippen molar-refractivity contribution in [1.82, 2.24) is 4.98 Å². The molecule has 0 saturated carbocycles. The molecule has 0 saturated heterocycles. The van der Waals surface area contributed by atoms with E-state index < -0.39 is 5.91 Å². The standard InChI is InChI=1S/C13H9BrCl3N3O/c1-18-9-5-3-7(15)12(20-9)13(21)19-8-4-2-6(14)10(16)11(8)17/h2-5H,1H3,(H,18,20)(H,19,21). The highest BCUT2D eigenvalue weighted by molar-refractivity contribution is 9.10. The molecule has 1 heterocycles. The first-order valence-corrected chi connectivity index (χ1v) is 7.66. The molecule has 0 aliphatic carbocycles. The average molecular weight is 409 g/mol. The van der Waals surface area contributed by atoms with Gasteiger partial charge >= 0.3 is 0 Å². The lowest BCUT2D eigenvalue weighted by atomic mass is 10.3. The van der Waals surface area contributed by atoms with Gasteiger partial charge in [-0.2, -0.15) is 0 Å². The number of rotatable bonds is 3. The van der Waals surface area contributed by atoms with Crippen LogP contribution >= 0.6 is 50.7 Å². The molecule has 2 aromatic rings. The Morgan fingerprint density at radius 2 is 1.86 bits per heavy atom. The van der Waals surface area contributed by atoms with E-state index in [4.69, 9.17) is 34.8 Å². The Kier molecular flexibility index (Phi) is 5.32. The first kappa shape index (κ1) is 16.4. The zero-order chi connectivity index (χ0) is 15.6. The van der Waals surface area contributed by atoms with Gasteiger partial charge in [0, 0.05) is 11.5 Å². The van der Waals surface area contributed by atoms with Crippen LogP contribution in [0.1, 0.15) is 10.5 Å². The number of amides is 1. The number of halogens is 4. The number of nitrogens with zero attached hydrogens (tertiary/aromatic N) is 1. The molecule has 0 unspecified atom stereocenters. The summed E-state index contributed by atoms with van der Waals surface area (Å²) in [5.74, 6) is 0.0573. The monoisotopic (exact) mass is 407 g/mol. The Morgan fingerprint density at radius 1 is 1.14 bits per heavy atom. The van der Waals surface area contributed by atoms with Crippen LogP contribution in [0.4, 0.5) is 11.5 Å². The highest BCUT2D eigenvalue weighted by atomic mass is 79.9. The van der Waals surface area contributed by atoms with Gasteiger partial charge in [-0.25, -0.2) is 4.98 Å². The molecule has 0 atom stereocenters. The average Bonchev–Trinajstić information content (AvgIpc) is 2.48. The molecule has 110 valence electrons. The van der Waals surface area contributed by atoms with Crippen LogP contribution < -0.4 is 10.6 Å². The largest absolute Gasteiger partial charge is 0.373 e. The maximum atomic E-state index is 12.3. The molecule has 0 spiro atoms. The van der Waals surface area contributed by atoms with E-state index in [9.17, 15) is 4.79 Å². The van der Waals surface area contributed by atoms with Crippen molar-refractivity contribution in [1.29, 1.82) is 0 Å². The summed E-state index contributed by atoms with van der Waals surface area (Å²) in [6, 6.07) is 6.57. The Labute approximate surface area is 144 Å². The van der Waals surface area contributed by atoms with Gasteiger partial charge in [-0.1, -0.05) is 34.8 Å². The predicted molar refractivity (Wildman–Crippen MR) is 90.9 cm³/mol. The number of carbonyl (C=O) groups is 1. The fraction of sp³-hybridized carbons (Fsp3) is 0.0769. The van der Waals surface area contributed by atoms with E-state index in [0.29, 0.717) is 21.0 Å². The maximum absolute atomic E-state index is 12.3. The Bertz CT molecular complexity index is 709. The lowest BCUT2D eigenvalue weighted by molar-refractivity contribution is 0.102. The topological polar surface area (TPSA) is 54.0 Å². The number of anilines is 2. The number of aromatic nitrogens is 1. The van der Waals surface area contributed by atoms with Crippen molar-refractivity contribution < 1.29 is 4.79 Å². The number of carbonyl (C=O) groups excluding carboxylic acids is 1. The van der Waals surface area contributed by atoms with Gasteiger partial charge < -0.3 is 10.6 Å². The molecule has 0 bridgehead atoms. The SMILES string of the molecule is CNc1ccc(Cl)c(C(=O)Nc2ccc(Br)c(Cl)c2Cl)n1. The van der Waals surface area contributed by atoms with Crippen LogP contribution in [-0.4, -0.2) is 17.9 Å². The number of benzene rings is 1. The molecular formula is C13H9BrCl3N3O. The van der Waals surface area contributed by atoms with Crippen molar-refractivity contribution in [3.63, 3.8) is 0 Å². The highest BCUT2D eigenvalue weighted by Crippen LogP contribution is 2.36. The third-order valence-electron chi connectivity index (χ3n) is 2.60. The number of hydrogen-bond acceptors (Lipinski definition) is 3. The van der Waals surface area contributed by atoms with Crippen LogP contribution in [0.2, 0.25) is 15.1 Å². The highest BCUT2D eigenvalue weighted by Gasteiger charge is 2.16. The minimum atomic E-state index is -0.475. The van der Waals surface area contributed by atoms with E-state index in [0.717, 1.165) is 0 Å². The van der Waals surface area contributed by atoms with Gasteiger partial charge in [-0.3, -0.25) is 4.79 Å². The molecule has 21 heavy (non-hydrogen) atoms. The van der Waals surface area contributed by atoms with Crippen molar-refractivity contribution in [3.05, 3.63) is 49.5 Å². The fourth-order valence-electron chi connectivity index (χ4n) is 1.54. The Balaban J connectivity index is 2.32. The van der Waals surface area contributed by atoms with E-state index in [-0.39, 0.29) is 15.7 Å². The molecule has 0 aliphatic heterocycles. The molecule has 0 radical (unpaired) electrons. The van der Waals surface area contributed by atoms with E-state index in [1.54, 1.807) is 31.3 Å². The molecule has 1 amide bonds. The zero-order valence-electron chi connectivity index (χ0n) is 10.7. The minimum Gasteiger partial charge on any atom is -0.373 e. The lowest BCUT2D eigenvalue weighted by Crippen LogP contribution is -2.15. The van der Waals surface area contributed by atoms with Crippen molar-refractivity contribution in [3.8, 4) is 0 Å². The molecule has 8 heteroatoms. The summed E-state index contributed by atoms with van der Waals surface area (Å²) in [5, 5.41) is 6.27. The summed E-state index contributed by atoms with van der Waals surface area (Å²) in [6.07, 6.45) is 0. The van der Waals surface area contributed by atoms with Crippen LogP contribution in [0.3, 0.4) is 0 Å². The molecule has 1 aromatic carbocycles. The molecule has 4 nitrogen and oxygen atoms in total. The third kappa shape index (κ3) is 3.61. The van der Waals surface area contributed by atoms with Crippen molar-refractivity contribution >= 4 is 68.1 Å². The van der Waals surface area contributed by atoms with Crippen LogP contribution in [0.5, 0.6) is 0 Å². The summed E-state index contributed by atoms with van der Waals surface area (Å²) >= 11 is 21.3. The first-order valence-electron chi connectivity index (χ1n) is 5.73. The summed E-state index contributed by atoms with van der Waals surface area (Å²) in [5.41, 5.74) is 0.473. The summed E-state index contributed by atoms with van der Waals surface area (Å²) in [6.45, 7) is 0.